The number of rotatable bonds is 2. The Morgan fingerprint density at radius 3 is 2.54 bits per heavy atom. The molecule has 0 saturated carbocycles. The molecule has 13 heavy (non-hydrogen) atoms. The van der Waals surface area contributed by atoms with E-state index in [0.717, 1.165) is 11.8 Å². The second kappa shape index (κ2) is 5.41. The minimum atomic E-state index is -0.486. The number of aliphatic imine (C=N–C) groups is 1. The highest BCUT2D eigenvalue weighted by atomic mass is 32.2. The summed E-state index contributed by atoms with van der Waals surface area (Å²) in [6, 6.07) is 0. The molecule has 1 unspecified atom stereocenters. The van der Waals surface area contributed by atoms with Crippen molar-refractivity contribution in [3.63, 3.8) is 0 Å². The molecule has 0 fully saturated rings. The summed E-state index contributed by atoms with van der Waals surface area (Å²) in [5.74, 6) is -0.616. The monoisotopic (exact) mass is 204 g/mol. The number of nitrogens with zero attached hydrogens (tertiary/aromatic N) is 1. The molecule has 0 radical (unpaired) electrons. The molecular formula is C6H12N4O2S. The van der Waals surface area contributed by atoms with E-state index in [1.807, 2.05) is 0 Å². The zero-order chi connectivity index (χ0) is 10.4. The van der Waals surface area contributed by atoms with Gasteiger partial charge in [-0.15, -0.1) is 0 Å². The van der Waals surface area contributed by atoms with Crippen LogP contribution in [0.2, 0.25) is 0 Å². The Morgan fingerprint density at radius 2 is 2.15 bits per heavy atom. The van der Waals surface area contributed by atoms with Gasteiger partial charge in [-0.1, -0.05) is 11.8 Å². The summed E-state index contributed by atoms with van der Waals surface area (Å²) in [5, 5.41) is 6.63. The van der Waals surface area contributed by atoms with Crippen molar-refractivity contribution >= 4 is 28.9 Å². The van der Waals surface area contributed by atoms with Gasteiger partial charge in [-0.3, -0.25) is 10.2 Å². The number of carbonyl (C=O) groups excluding carboxylic acids is 1. The molecule has 0 aliphatic carbocycles. The first-order valence-corrected chi connectivity index (χ1v) is 4.28. The lowest BCUT2D eigenvalue weighted by Gasteiger charge is -2.06. The molecule has 0 aromatic carbocycles. The highest BCUT2D eigenvalue weighted by Crippen LogP contribution is 2.13. The van der Waals surface area contributed by atoms with Crippen LogP contribution in [-0.2, 0) is 9.53 Å². The Hall–Kier alpha value is -1.24. The lowest BCUT2D eigenvalue weighted by molar-refractivity contribution is -0.139. The van der Waals surface area contributed by atoms with Gasteiger partial charge in [0.2, 0.25) is 0 Å². The van der Waals surface area contributed by atoms with E-state index in [4.69, 9.17) is 16.9 Å². The molecule has 0 aromatic rings. The van der Waals surface area contributed by atoms with Crippen LogP contribution >= 0.6 is 11.8 Å². The van der Waals surface area contributed by atoms with Gasteiger partial charge in [0.1, 0.15) is 5.25 Å². The number of ether oxygens (including phenoxy) is 1. The number of nitrogens with two attached hydrogens (primary N) is 2. The van der Waals surface area contributed by atoms with Gasteiger partial charge >= 0.3 is 5.97 Å². The van der Waals surface area contributed by atoms with Gasteiger partial charge in [0.15, 0.2) is 11.1 Å². The summed E-state index contributed by atoms with van der Waals surface area (Å²) in [6.07, 6.45) is 0. The molecule has 74 valence electrons. The van der Waals surface area contributed by atoms with Crippen molar-refractivity contribution in [3.05, 3.63) is 0 Å². The van der Waals surface area contributed by atoms with Crippen molar-refractivity contribution in [2.75, 3.05) is 7.11 Å². The first-order valence-electron chi connectivity index (χ1n) is 3.40. The summed E-state index contributed by atoms with van der Waals surface area (Å²) >= 11 is 0.922. The van der Waals surface area contributed by atoms with Crippen LogP contribution in [0.5, 0.6) is 0 Å². The van der Waals surface area contributed by atoms with E-state index in [0.29, 0.717) is 0 Å². The molecule has 5 N–H and O–H groups in total. The van der Waals surface area contributed by atoms with Crippen molar-refractivity contribution < 1.29 is 9.53 Å². The third-order valence-electron chi connectivity index (χ3n) is 1.05. The molecule has 0 amide bonds. The highest BCUT2D eigenvalue weighted by molar-refractivity contribution is 8.14. The van der Waals surface area contributed by atoms with Crippen molar-refractivity contribution in [1.29, 1.82) is 5.41 Å². The van der Waals surface area contributed by atoms with Gasteiger partial charge in [-0.2, -0.15) is 4.99 Å². The summed E-state index contributed by atoms with van der Waals surface area (Å²) in [4.78, 5) is 14.3. The fraction of sp³-hybridized carbons (Fsp3) is 0.500. The molecule has 6 nitrogen and oxygen atoms in total. The van der Waals surface area contributed by atoms with Crippen LogP contribution < -0.4 is 11.5 Å². The molecule has 0 rings (SSSR count). The Bertz CT molecular complexity index is 237. The molecule has 7 heteroatoms. The molecule has 0 aliphatic heterocycles. The number of guanidine groups is 1. The maximum atomic E-state index is 10.9. The fourth-order valence-electron chi connectivity index (χ4n) is 0.525. The summed E-state index contributed by atoms with van der Waals surface area (Å²) in [5.41, 5.74) is 10.1. The molecule has 0 saturated heterocycles. The fourth-order valence-corrected chi connectivity index (χ4v) is 1.21. The SMILES string of the molecule is COC(=O)C(C)SC(=N)N=C(N)N. The van der Waals surface area contributed by atoms with Crippen LogP contribution in [0.3, 0.4) is 0 Å². The lowest BCUT2D eigenvalue weighted by atomic mass is 10.5. The van der Waals surface area contributed by atoms with Crippen LogP contribution in [-0.4, -0.2) is 29.5 Å². The minimum Gasteiger partial charge on any atom is -0.468 e. The smallest absolute Gasteiger partial charge is 0.318 e. The van der Waals surface area contributed by atoms with Crippen LogP contribution in [0.15, 0.2) is 4.99 Å². The predicted octanol–water partition coefficient (Wildman–Crippen LogP) is -0.511. The largest absolute Gasteiger partial charge is 0.468 e. The normalized spacial score (nSPS) is 11.5. The van der Waals surface area contributed by atoms with Crippen LogP contribution in [0, 0.1) is 5.41 Å². The quantitative estimate of drug-likeness (QED) is 0.318. The minimum absolute atomic E-state index is 0.113. The van der Waals surface area contributed by atoms with E-state index < -0.39 is 11.2 Å². The second-order valence-corrected chi connectivity index (χ2v) is 3.45. The maximum absolute atomic E-state index is 10.9. The first-order chi connectivity index (χ1) is 5.97. The average Bonchev–Trinajstić information content (AvgIpc) is 2.01. The third-order valence-corrected chi connectivity index (χ3v) is 1.91. The number of hydrogen-bond donors (Lipinski definition) is 3. The van der Waals surface area contributed by atoms with Gasteiger partial charge < -0.3 is 16.2 Å². The van der Waals surface area contributed by atoms with Gasteiger partial charge in [0.05, 0.1) is 7.11 Å². The number of amidine groups is 1. The summed E-state index contributed by atoms with van der Waals surface area (Å²) < 4.78 is 4.45. The second-order valence-electron chi connectivity index (χ2n) is 2.13. The van der Waals surface area contributed by atoms with E-state index in [1.165, 1.54) is 7.11 Å². The van der Waals surface area contributed by atoms with Gasteiger partial charge in [-0.25, -0.2) is 0 Å². The lowest BCUT2D eigenvalue weighted by Crippen LogP contribution is -2.24. The number of methoxy groups -OCH3 is 1. The van der Waals surface area contributed by atoms with Crippen molar-refractivity contribution in [2.24, 2.45) is 16.5 Å². The Kier molecular flexibility index (Phi) is 4.90. The Morgan fingerprint density at radius 1 is 1.62 bits per heavy atom. The topological polar surface area (TPSA) is 115 Å². The number of hydrogen-bond acceptors (Lipinski definition) is 4. The van der Waals surface area contributed by atoms with Gasteiger partial charge in [-0.05, 0) is 6.92 Å². The molecule has 0 heterocycles. The van der Waals surface area contributed by atoms with Crippen LogP contribution in [0.1, 0.15) is 6.92 Å². The molecule has 0 aromatic heterocycles. The van der Waals surface area contributed by atoms with Crippen LogP contribution in [0.4, 0.5) is 0 Å². The highest BCUT2D eigenvalue weighted by Gasteiger charge is 2.15. The molecule has 1 atom stereocenters. The molecule has 0 spiro atoms. The van der Waals surface area contributed by atoms with E-state index >= 15 is 0 Å². The van der Waals surface area contributed by atoms with Crippen molar-refractivity contribution in [2.45, 2.75) is 12.2 Å². The van der Waals surface area contributed by atoms with E-state index in [-0.39, 0.29) is 11.1 Å². The summed E-state index contributed by atoms with van der Waals surface area (Å²) in [6.45, 7) is 1.60. The standard InChI is InChI=1S/C6H12N4O2S/c1-3(4(11)12-2)13-6(9)10-5(7)8/h3H,1-2H3,(H5,7,8,9,10). The van der Waals surface area contributed by atoms with Crippen LogP contribution in [0.25, 0.3) is 0 Å². The Balaban J connectivity index is 4.07. The predicted molar refractivity (Wildman–Crippen MR) is 52.6 cm³/mol. The number of thioether (sulfide) groups is 1. The van der Waals surface area contributed by atoms with E-state index in [9.17, 15) is 4.79 Å². The number of carbonyl (C=O) groups is 1. The zero-order valence-corrected chi connectivity index (χ0v) is 8.22. The average molecular weight is 204 g/mol. The van der Waals surface area contributed by atoms with Gasteiger partial charge in [0.25, 0.3) is 0 Å². The zero-order valence-electron chi connectivity index (χ0n) is 7.40. The number of nitrogens with one attached hydrogen (secondary N) is 1. The van der Waals surface area contributed by atoms with E-state index in [2.05, 4.69) is 9.73 Å². The van der Waals surface area contributed by atoms with Crippen molar-refractivity contribution in [1.82, 2.24) is 0 Å². The Labute approximate surface area is 80.2 Å². The molecule has 0 aliphatic rings. The number of esters is 1. The van der Waals surface area contributed by atoms with Crippen molar-refractivity contribution in [3.8, 4) is 0 Å². The molecular weight excluding hydrogens is 192 g/mol. The maximum Gasteiger partial charge on any atom is 0.318 e. The third kappa shape index (κ3) is 5.07. The van der Waals surface area contributed by atoms with Gasteiger partial charge in [0, 0.05) is 0 Å². The first kappa shape index (κ1) is 11.8. The summed E-state index contributed by atoms with van der Waals surface area (Å²) in [7, 11) is 1.28. The molecule has 0 bridgehead atoms. The van der Waals surface area contributed by atoms with E-state index in [1.54, 1.807) is 6.92 Å².